The van der Waals surface area contributed by atoms with Crippen LogP contribution in [-0.2, 0) is 9.59 Å². The fourth-order valence-corrected chi connectivity index (χ4v) is 3.20. The van der Waals surface area contributed by atoms with E-state index in [1.165, 1.54) is 18.3 Å². The van der Waals surface area contributed by atoms with E-state index in [9.17, 15) is 19.1 Å². The molecule has 2 N–H and O–H groups in total. The molecule has 1 unspecified atom stereocenters. The van der Waals surface area contributed by atoms with Crippen molar-refractivity contribution in [3.8, 4) is 0 Å². The Balaban J connectivity index is 1.59. The van der Waals surface area contributed by atoms with Crippen LogP contribution in [0, 0.1) is 11.7 Å². The molecule has 3 rings (SSSR count). The van der Waals surface area contributed by atoms with Gasteiger partial charge in [-0.25, -0.2) is 9.07 Å². The Labute approximate surface area is 149 Å². The molecule has 1 aliphatic carbocycles. The zero-order chi connectivity index (χ0) is 18.5. The third-order valence-corrected chi connectivity index (χ3v) is 4.49. The number of nitrogens with one attached hydrogen (secondary N) is 1. The smallest absolute Gasteiger partial charge is 0.306 e. The molecule has 136 valence electrons. The molecule has 1 aromatic carbocycles. The zero-order valence-electron chi connectivity index (χ0n) is 14.0. The van der Waals surface area contributed by atoms with Crippen molar-refractivity contribution in [3.05, 3.63) is 54.1 Å². The highest BCUT2D eigenvalue weighted by molar-refractivity contribution is 5.79. The number of aliphatic carboxylic acids is 1. The molecule has 2 aromatic rings. The Morgan fingerprint density at radius 3 is 2.73 bits per heavy atom. The maximum absolute atomic E-state index is 12.9. The SMILES string of the molecule is O=C(C/C=C/c1ccc(F)cc1)N[C@@H]1CC(C(=O)O)C[C@@H]1n1ccnn1. The van der Waals surface area contributed by atoms with E-state index in [2.05, 4.69) is 15.6 Å². The minimum atomic E-state index is -0.872. The molecule has 0 radical (unpaired) electrons. The average Bonchev–Trinajstić information content (AvgIpc) is 3.26. The van der Waals surface area contributed by atoms with Crippen molar-refractivity contribution in [2.45, 2.75) is 31.3 Å². The van der Waals surface area contributed by atoms with Crippen molar-refractivity contribution < 1.29 is 19.1 Å². The van der Waals surface area contributed by atoms with E-state index in [4.69, 9.17) is 0 Å². The van der Waals surface area contributed by atoms with Gasteiger partial charge in [0.15, 0.2) is 0 Å². The minimum absolute atomic E-state index is 0.149. The summed E-state index contributed by atoms with van der Waals surface area (Å²) in [5, 5.41) is 19.9. The first kappa shape index (κ1) is 17.8. The van der Waals surface area contributed by atoms with Crippen LogP contribution in [0.5, 0.6) is 0 Å². The van der Waals surface area contributed by atoms with Crippen molar-refractivity contribution in [1.82, 2.24) is 20.3 Å². The van der Waals surface area contributed by atoms with E-state index in [1.807, 2.05) is 0 Å². The summed E-state index contributed by atoms with van der Waals surface area (Å²) >= 11 is 0. The van der Waals surface area contributed by atoms with Gasteiger partial charge in [0.25, 0.3) is 0 Å². The lowest BCUT2D eigenvalue weighted by atomic mass is 10.1. The lowest BCUT2D eigenvalue weighted by Gasteiger charge is -2.20. The molecule has 1 heterocycles. The summed E-state index contributed by atoms with van der Waals surface area (Å²) in [5.41, 5.74) is 0.798. The normalized spacial score (nSPS) is 22.6. The Morgan fingerprint density at radius 1 is 1.31 bits per heavy atom. The fourth-order valence-electron chi connectivity index (χ4n) is 3.20. The highest BCUT2D eigenvalue weighted by Gasteiger charge is 2.40. The highest BCUT2D eigenvalue weighted by atomic mass is 19.1. The van der Waals surface area contributed by atoms with Gasteiger partial charge in [-0.1, -0.05) is 29.5 Å². The van der Waals surface area contributed by atoms with Crippen LogP contribution in [0.4, 0.5) is 4.39 Å². The Kier molecular flexibility index (Phi) is 5.40. The Hall–Kier alpha value is -3.03. The molecular formula is C18H19FN4O3. The maximum atomic E-state index is 12.9. The number of rotatable bonds is 6. The molecule has 3 atom stereocenters. The molecule has 1 saturated carbocycles. The fraction of sp³-hybridized carbons (Fsp3) is 0.333. The van der Waals surface area contributed by atoms with E-state index in [0.29, 0.717) is 12.8 Å². The molecule has 0 spiro atoms. The second kappa shape index (κ2) is 7.90. The molecule has 26 heavy (non-hydrogen) atoms. The van der Waals surface area contributed by atoms with Crippen LogP contribution in [0.3, 0.4) is 0 Å². The van der Waals surface area contributed by atoms with Crippen LogP contribution in [0.25, 0.3) is 6.08 Å². The summed E-state index contributed by atoms with van der Waals surface area (Å²) in [6.45, 7) is 0. The quantitative estimate of drug-likeness (QED) is 0.824. The summed E-state index contributed by atoms with van der Waals surface area (Å²) in [7, 11) is 0. The lowest BCUT2D eigenvalue weighted by Crippen LogP contribution is -2.38. The molecule has 0 aliphatic heterocycles. The van der Waals surface area contributed by atoms with Crippen LogP contribution < -0.4 is 5.32 Å². The average molecular weight is 358 g/mol. The van der Waals surface area contributed by atoms with E-state index in [1.54, 1.807) is 35.2 Å². The van der Waals surface area contributed by atoms with Crippen LogP contribution in [0.2, 0.25) is 0 Å². The van der Waals surface area contributed by atoms with Crippen LogP contribution >= 0.6 is 0 Å². The molecule has 1 aliphatic rings. The molecule has 1 aromatic heterocycles. The van der Waals surface area contributed by atoms with Crippen LogP contribution in [0.15, 0.2) is 42.7 Å². The van der Waals surface area contributed by atoms with Gasteiger partial charge in [0, 0.05) is 12.6 Å². The van der Waals surface area contributed by atoms with Gasteiger partial charge in [-0.2, -0.15) is 0 Å². The number of aromatic nitrogens is 3. The van der Waals surface area contributed by atoms with Gasteiger partial charge in [-0.05, 0) is 30.5 Å². The Morgan fingerprint density at radius 2 is 2.08 bits per heavy atom. The second-order valence-electron chi connectivity index (χ2n) is 6.29. The van der Waals surface area contributed by atoms with Gasteiger partial charge < -0.3 is 10.4 Å². The largest absolute Gasteiger partial charge is 0.481 e. The zero-order valence-corrected chi connectivity index (χ0v) is 14.0. The maximum Gasteiger partial charge on any atom is 0.306 e. The van der Waals surface area contributed by atoms with E-state index >= 15 is 0 Å². The number of carboxylic acid groups (broad SMARTS) is 1. The first-order valence-corrected chi connectivity index (χ1v) is 8.33. The van der Waals surface area contributed by atoms with Crippen LogP contribution in [0.1, 0.15) is 30.9 Å². The minimum Gasteiger partial charge on any atom is -0.481 e. The topological polar surface area (TPSA) is 97.1 Å². The summed E-state index contributed by atoms with van der Waals surface area (Å²) < 4.78 is 14.5. The predicted molar refractivity (Wildman–Crippen MR) is 91.4 cm³/mol. The molecular weight excluding hydrogens is 339 g/mol. The summed E-state index contributed by atoms with van der Waals surface area (Å²) in [6, 6.07) is 5.41. The molecule has 8 heteroatoms. The Bertz CT molecular complexity index is 789. The predicted octanol–water partition coefficient (Wildman–Crippen LogP) is 2.04. The molecule has 0 saturated heterocycles. The van der Waals surface area contributed by atoms with Gasteiger partial charge in [0.05, 0.1) is 24.2 Å². The third kappa shape index (κ3) is 4.33. The molecule has 0 bridgehead atoms. The number of hydrogen-bond acceptors (Lipinski definition) is 4. The number of nitrogens with zero attached hydrogens (tertiary/aromatic N) is 3. The van der Waals surface area contributed by atoms with Gasteiger partial charge >= 0.3 is 5.97 Å². The highest BCUT2D eigenvalue weighted by Crippen LogP contribution is 2.34. The van der Waals surface area contributed by atoms with E-state index < -0.39 is 11.9 Å². The molecule has 7 nitrogen and oxygen atoms in total. The summed E-state index contributed by atoms with van der Waals surface area (Å²) in [6.07, 6.45) is 7.53. The monoisotopic (exact) mass is 358 g/mol. The van der Waals surface area contributed by atoms with Crippen molar-refractivity contribution >= 4 is 18.0 Å². The number of halogens is 1. The van der Waals surface area contributed by atoms with Crippen molar-refractivity contribution in [2.75, 3.05) is 0 Å². The van der Waals surface area contributed by atoms with Gasteiger partial charge in [0.1, 0.15) is 5.82 Å². The van der Waals surface area contributed by atoms with Crippen molar-refractivity contribution in [2.24, 2.45) is 5.92 Å². The third-order valence-electron chi connectivity index (χ3n) is 4.49. The van der Waals surface area contributed by atoms with Crippen LogP contribution in [-0.4, -0.2) is 38.0 Å². The van der Waals surface area contributed by atoms with Gasteiger partial charge in [0.2, 0.25) is 5.91 Å². The number of hydrogen-bond donors (Lipinski definition) is 2. The number of carboxylic acids is 1. The van der Waals surface area contributed by atoms with Crippen molar-refractivity contribution in [1.29, 1.82) is 0 Å². The summed E-state index contributed by atoms with van der Waals surface area (Å²) in [4.78, 5) is 23.5. The summed E-state index contributed by atoms with van der Waals surface area (Å²) in [5.74, 6) is -1.91. The first-order chi connectivity index (χ1) is 12.5. The van der Waals surface area contributed by atoms with Gasteiger partial charge in [-0.15, -0.1) is 5.10 Å². The number of carbonyl (C=O) groups is 2. The molecule has 1 amide bonds. The number of carbonyl (C=O) groups excluding carboxylic acids is 1. The van der Waals surface area contributed by atoms with E-state index in [-0.39, 0.29) is 30.2 Å². The lowest BCUT2D eigenvalue weighted by molar-refractivity contribution is -0.141. The van der Waals surface area contributed by atoms with Gasteiger partial charge in [-0.3, -0.25) is 9.59 Å². The first-order valence-electron chi connectivity index (χ1n) is 8.33. The molecule has 1 fully saturated rings. The second-order valence-corrected chi connectivity index (χ2v) is 6.29. The van der Waals surface area contributed by atoms with E-state index in [0.717, 1.165) is 5.56 Å². The standard InChI is InChI=1S/C18H19FN4O3/c19-14-6-4-12(5-7-14)2-1-3-17(24)21-15-10-13(18(25)26)11-16(15)23-9-8-20-22-23/h1-2,4-9,13,15-16H,3,10-11H2,(H,21,24)(H,25,26)/b2-1+/t13?,15-,16+/m1/s1. The number of amides is 1. The van der Waals surface area contributed by atoms with Crippen molar-refractivity contribution in [3.63, 3.8) is 0 Å². The number of benzene rings is 1.